The van der Waals surface area contributed by atoms with E-state index in [4.69, 9.17) is 5.73 Å². The van der Waals surface area contributed by atoms with Gasteiger partial charge in [0.2, 0.25) is 0 Å². The quantitative estimate of drug-likeness (QED) is 0.526. The van der Waals surface area contributed by atoms with Crippen molar-refractivity contribution in [1.29, 1.82) is 0 Å². The third kappa shape index (κ3) is 7.74. The Morgan fingerprint density at radius 3 is 2.26 bits per heavy atom. The highest BCUT2D eigenvalue weighted by atomic mass is 79.9. The van der Waals surface area contributed by atoms with Gasteiger partial charge in [0.1, 0.15) is 0 Å². The molecule has 1 rings (SSSR count). The SMILES string of the molecule is CCCCCCCCCCC(N)c1cccc(Br)c1. The van der Waals surface area contributed by atoms with Gasteiger partial charge in [0, 0.05) is 10.5 Å². The molecule has 2 N–H and O–H groups in total. The summed E-state index contributed by atoms with van der Waals surface area (Å²) < 4.78 is 1.12. The van der Waals surface area contributed by atoms with Crippen molar-refractivity contribution in [2.45, 2.75) is 70.8 Å². The van der Waals surface area contributed by atoms with Gasteiger partial charge in [-0.2, -0.15) is 0 Å². The van der Waals surface area contributed by atoms with Crippen LogP contribution in [0.15, 0.2) is 28.7 Å². The van der Waals surface area contributed by atoms with E-state index in [2.05, 4.69) is 41.1 Å². The minimum atomic E-state index is 0.192. The maximum Gasteiger partial charge on any atom is 0.0295 e. The Morgan fingerprint density at radius 2 is 1.63 bits per heavy atom. The average molecular weight is 326 g/mol. The van der Waals surface area contributed by atoms with E-state index in [1.807, 2.05) is 6.07 Å². The van der Waals surface area contributed by atoms with Crippen LogP contribution in [0.25, 0.3) is 0 Å². The Labute approximate surface area is 127 Å². The van der Waals surface area contributed by atoms with E-state index in [0.29, 0.717) is 0 Å². The van der Waals surface area contributed by atoms with Crippen LogP contribution in [0.2, 0.25) is 0 Å². The van der Waals surface area contributed by atoms with Crippen LogP contribution >= 0.6 is 15.9 Å². The fraction of sp³-hybridized carbons (Fsp3) is 0.647. The van der Waals surface area contributed by atoms with E-state index in [-0.39, 0.29) is 6.04 Å². The highest BCUT2D eigenvalue weighted by Gasteiger charge is 2.05. The lowest BCUT2D eigenvalue weighted by Gasteiger charge is -2.12. The van der Waals surface area contributed by atoms with Crippen LogP contribution in [-0.4, -0.2) is 0 Å². The molecule has 0 saturated heterocycles. The molecule has 1 aromatic rings. The van der Waals surface area contributed by atoms with E-state index in [1.165, 1.54) is 56.9 Å². The summed E-state index contributed by atoms with van der Waals surface area (Å²) in [6.07, 6.45) is 12.0. The minimum Gasteiger partial charge on any atom is -0.324 e. The molecule has 0 aliphatic heterocycles. The summed E-state index contributed by atoms with van der Waals surface area (Å²) >= 11 is 3.50. The summed E-state index contributed by atoms with van der Waals surface area (Å²) in [4.78, 5) is 0. The second kappa shape index (κ2) is 10.4. The number of rotatable bonds is 10. The summed E-state index contributed by atoms with van der Waals surface area (Å²) in [6.45, 7) is 2.27. The molecule has 108 valence electrons. The molecule has 0 aliphatic carbocycles. The highest BCUT2D eigenvalue weighted by Crippen LogP contribution is 2.21. The maximum atomic E-state index is 6.22. The molecule has 0 aromatic heterocycles. The van der Waals surface area contributed by atoms with E-state index >= 15 is 0 Å². The van der Waals surface area contributed by atoms with Crippen molar-refractivity contribution in [3.05, 3.63) is 34.3 Å². The Morgan fingerprint density at radius 1 is 1.00 bits per heavy atom. The Balaban J connectivity index is 2.06. The number of unbranched alkanes of at least 4 members (excludes halogenated alkanes) is 7. The van der Waals surface area contributed by atoms with E-state index in [9.17, 15) is 0 Å². The largest absolute Gasteiger partial charge is 0.324 e. The van der Waals surface area contributed by atoms with Crippen molar-refractivity contribution in [3.8, 4) is 0 Å². The number of halogens is 1. The molecule has 0 saturated carbocycles. The highest BCUT2D eigenvalue weighted by molar-refractivity contribution is 9.10. The molecule has 2 heteroatoms. The van der Waals surface area contributed by atoms with Gasteiger partial charge in [-0.1, -0.05) is 86.4 Å². The zero-order valence-corrected chi connectivity index (χ0v) is 13.8. The molecule has 0 fully saturated rings. The van der Waals surface area contributed by atoms with Crippen LogP contribution in [0.3, 0.4) is 0 Å². The Kier molecular flexibility index (Phi) is 9.19. The second-order valence-corrected chi connectivity index (χ2v) is 6.34. The predicted molar refractivity (Wildman–Crippen MR) is 88.3 cm³/mol. The third-order valence-corrected chi connectivity index (χ3v) is 4.14. The van der Waals surface area contributed by atoms with Crippen LogP contribution in [0.1, 0.15) is 76.3 Å². The maximum absolute atomic E-state index is 6.22. The molecule has 0 heterocycles. The van der Waals surface area contributed by atoms with Gasteiger partial charge >= 0.3 is 0 Å². The molecule has 0 bridgehead atoms. The molecule has 19 heavy (non-hydrogen) atoms. The van der Waals surface area contributed by atoms with Crippen LogP contribution in [-0.2, 0) is 0 Å². The molecule has 0 amide bonds. The first kappa shape index (κ1) is 16.7. The second-order valence-electron chi connectivity index (χ2n) is 5.43. The molecule has 1 atom stereocenters. The summed E-state index contributed by atoms with van der Waals surface area (Å²) in [5, 5.41) is 0. The average Bonchev–Trinajstić information content (AvgIpc) is 2.41. The van der Waals surface area contributed by atoms with Gasteiger partial charge in [-0.15, -0.1) is 0 Å². The minimum absolute atomic E-state index is 0.192. The zero-order chi connectivity index (χ0) is 13.9. The van der Waals surface area contributed by atoms with Crippen molar-refractivity contribution in [2.24, 2.45) is 5.73 Å². The third-order valence-electron chi connectivity index (χ3n) is 3.65. The lowest BCUT2D eigenvalue weighted by atomic mass is 10.0. The normalized spacial score (nSPS) is 12.6. The Bertz CT molecular complexity index is 338. The summed E-state index contributed by atoms with van der Waals surface area (Å²) in [5.41, 5.74) is 7.47. The first-order chi connectivity index (χ1) is 9.24. The number of hydrogen-bond acceptors (Lipinski definition) is 1. The van der Waals surface area contributed by atoms with Gasteiger partial charge in [0.15, 0.2) is 0 Å². The number of hydrogen-bond donors (Lipinski definition) is 1. The predicted octanol–water partition coefficient (Wildman–Crippen LogP) is 5.98. The van der Waals surface area contributed by atoms with Gasteiger partial charge in [-0.25, -0.2) is 0 Å². The first-order valence-corrected chi connectivity index (χ1v) is 8.54. The van der Waals surface area contributed by atoms with Crippen molar-refractivity contribution >= 4 is 15.9 Å². The topological polar surface area (TPSA) is 26.0 Å². The number of nitrogens with two attached hydrogens (primary N) is 1. The van der Waals surface area contributed by atoms with Gasteiger partial charge < -0.3 is 5.73 Å². The first-order valence-electron chi connectivity index (χ1n) is 7.75. The fourth-order valence-electron chi connectivity index (χ4n) is 2.40. The molecule has 0 spiro atoms. The summed E-state index contributed by atoms with van der Waals surface area (Å²) in [7, 11) is 0. The number of benzene rings is 1. The lowest BCUT2D eigenvalue weighted by Crippen LogP contribution is -2.09. The molecule has 1 nitrogen and oxygen atoms in total. The zero-order valence-electron chi connectivity index (χ0n) is 12.2. The molecule has 1 aromatic carbocycles. The van der Waals surface area contributed by atoms with Crippen LogP contribution in [0, 0.1) is 0 Å². The van der Waals surface area contributed by atoms with Crippen molar-refractivity contribution in [3.63, 3.8) is 0 Å². The Hall–Kier alpha value is -0.340. The van der Waals surface area contributed by atoms with Gasteiger partial charge in [0.25, 0.3) is 0 Å². The van der Waals surface area contributed by atoms with Crippen molar-refractivity contribution in [1.82, 2.24) is 0 Å². The van der Waals surface area contributed by atoms with Crippen LogP contribution in [0.5, 0.6) is 0 Å². The van der Waals surface area contributed by atoms with E-state index in [0.717, 1.165) is 10.9 Å². The molecule has 0 radical (unpaired) electrons. The van der Waals surface area contributed by atoms with Gasteiger partial charge in [-0.3, -0.25) is 0 Å². The summed E-state index contributed by atoms with van der Waals surface area (Å²) in [5.74, 6) is 0. The smallest absolute Gasteiger partial charge is 0.0295 e. The van der Waals surface area contributed by atoms with E-state index < -0.39 is 0 Å². The van der Waals surface area contributed by atoms with Crippen molar-refractivity contribution < 1.29 is 0 Å². The van der Waals surface area contributed by atoms with Crippen molar-refractivity contribution in [2.75, 3.05) is 0 Å². The van der Waals surface area contributed by atoms with Crippen LogP contribution < -0.4 is 5.73 Å². The van der Waals surface area contributed by atoms with Gasteiger partial charge in [0.05, 0.1) is 0 Å². The molecular weight excluding hydrogens is 298 g/mol. The standard InChI is InChI=1S/C17H28BrN/c1-2-3-4-5-6-7-8-9-13-17(19)15-11-10-12-16(18)14-15/h10-12,14,17H,2-9,13,19H2,1H3. The summed E-state index contributed by atoms with van der Waals surface area (Å²) in [6, 6.07) is 8.56. The van der Waals surface area contributed by atoms with Gasteiger partial charge in [-0.05, 0) is 24.1 Å². The monoisotopic (exact) mass is 325 g/mol. The lowest BCUT2D eigenvalue weighted by molar-refractivity contribution is 0.536. The van der Waals surface area contributed by atoms with E-state index in [1.54, 1.807) is 0 Å². The fourth-order valence-corrected chi connectivity index (χ4v) is 2.82. The van der Waals surface area contributed by atoms with Crippen LogP contribution in [0.4, 0.5) is 0 Å². The molecule has 0 aliphatic rings. The molecular formula is C17H28BrN. The molecule has 1 unspecified atom stereocenters.